The SMILES string of the molecule is CC1CCN(S(=O)(=O)NCC2(O)CCC(C)CC2)CC1. The van der Waals surface area contributed by atoms with E-state index in [1.165, 1.54) is 4.31 Å². The molecule has 0 radical (unpaired) electrons. The van der Waals surface area contributed by atoms with Crippen LogP contribution in [0.15, 0.2) is 0 Å². The standard InChI is InChI=1S/C14H28N2O3S/c1-12-3-7-14(17,8-4-12)11-15-20(18,19)16-9-5-13(2)6-10-16/h12-13,15,17H,3-11H2,1-2H3. The van der Waals surface area contributed by atoms with Gasteiger partial charge in [0.1, 0.15) is 0 Å². The van der Waals surface area contributed by atoms with Crippen LogP contribution < -0.4 is 4.72 Å². The Labute approximate surface area is 122 Å². The molecule has 20 heavy (non-hydrogen) atoms. The molecule has 2 aliphatic rings. The maximum atomic E-state index is 12.2. The molecule has 6 heteroatoms. The highest BCUT2D eigenvalue weighted by atomic mass is 32.2. The first-order valence-corrected chi connectivity index (χ1v) is 9.22. The fraction of sp³-hybridized carbons (Fsp3) is 1.00. The first kappa shape index (κ1) is 16.2. The quantitative estimate of drug-likeness (QED) is 0.827. The minimum atomic E-state index is -3.43. The molecule has 118 valence electrons. The number of nitrogens with one attached hydrogen (secondary N) is 1. The fourth-order valence-corrected chi connectivity index (χ4v) is 4.34. The predicted molar refractivity (Wildman–Crippen MR) is 79.5 cm³/mol. The number of hydrogen-bond acceptors (Lipinski definition) is 3. The van der Waals surface area contributed by atoms with Crippen molar-refractivity contribution in [3.05, 3.63) is 0 Å². The van der Waals surface area contributed by atoms with Gasteiger partial charge in [0.15, 0.2) is 0 Å². The molecule has 0 atom stereocenters. The molecule has 2 N–H and O–H groups in total. The molecule has 2 fully saturated rings. The van der Waals surface area contributed by atoms with Crippen molar-refractivity contribution in [3.8, 4) is 0 Å². The Morgan fingerprint density at radius 2 is 1.60 bits per heavy atom. The number of rotatable bonds is 4. The van der Waals surface area contributed by atoms with Crippen LogP contribution in [0.25, 0.3) is 0 Å². The fourth-order valence-electron chi connectivity index (χ4n) is 3.02. The molecule has 0 unspecified atom stereocenters. The van der Waals surface area contributed by atoms with E-state index in [1.807, 2.05) is 0 Å². The van der Waals surface area contributed by atoms with Crippen molar-refractivity contribution in [1.29, 1.82) is 0 Å². The molecule has 1 heterocycles. The molecule has 1 saturated heterocycles. The second-order valence-electron chi connectivity index (χ2n) is 6.81. The van der Waals surface area contributed by atoms with E-state index in [4.69, 9.17) is 0 Å². The lowest BCUT2D eigenvalue weighted by Crippen LogP contribution is -2.50. The van der Waals surface area contributed by atoms with Gasteiger partial charge in [0.2, 0.25) is 0 Å². The minimum absolute atomic E-state index is 0.147. The molecular weight excluding hydrogens is 276 g/mol. The molecule has 0 bridgehead atoms. The Balaban J connectivity index is 1.86. The molecule has 2 rings (SSSR count). The van der Waals surface area contributed by atoms with E-state index in [9.17, 15) is 13.5 Å². The van der Waals surface area contributed by atoms with Gasteiger partial charge in [-0.1, -0.05) is 13.8 Å². The topological polar surface area (TPSA) is 69.6 Å². The second kappa shape index (κ2) is 6.30. The van der Waals surface area contributed by atoms with Gasteiger partial charge in [-0.3, -0.25) is 0 Å². The summed E-state index contributed by atoms with van der Waals surface area (Å²) in [6.07, 6.45) is 5.16. The van der Waals surface area contributed by atoms with Crippen molar-refractivity contribution in [2.75, 3.05) is 19.6 Å². The summed E-state index contributed by atoms with van der Waals surface area (Å²) in [5.74, 6) is 1.24. The predicted octanol–water partition coefficient (Wildman–Crippen LogP) is 1.49. The van der Waals surface area contributed by atoms with Crippen LogP contribution in [-0.4, -0.2) is 43.1 Å². The Bertz CT molecular complexity index is 408. The monoisotopic (exact) mass is 304 g/mol. The molecular formula is C14H28N2O3S. The van der Waals surface area contributed by atoms with Gasteiger partial charge in [-0.15, -0.1) is 0 Å². The number of aliphatic hydroxyl groups is 1. The summed E-state index contributed by atoms with van der Waals surface area (Å²) in [6.45, 7) is 5.66. The Kier molecular flexibility index (Phi) is 5.10. The lowest BCUT2D eigenvalue weighted by Gasteiger charge is -2.36. The third-order valence-corrected chi connectivity index (χ3v) is 6.43. The maximum Gasteiger partial charge on any atom is 0.279 e. The normalized spacial score (nSPS) is 34.2. The molecule has 1 aliphatic heterocycles. The van der Waals surface area contributed by atoms with Crippen molar-refractivity contribution in [3.63, 3.8) is 0 Å². The Morgan fingerprint density at radius 1 is 1.10 bits per heavy atom. The van der Waals surface area contributed by atoms with Gasteiger partial charge in [-0.05, 0) is 50.4 Å². The van der Waals surface area contributed by atoms with Gasteiger partial charge in [-0.2, -0.15) is 17.4 Å². The summed E-state index contributed by atoms with van der Waals surface area (Å²) in [5, 5.41) is 10.4. The van der Waals surface area contributed by atoms with Crippen LogP contribution in [0.3, 0.4) is 0 Å². The van der Waals surface area contributed by atoms with E-state index < -0.39 is 15.8 Å². The van der Waals surface area contributed by atoms with Gasteiger partial charge < -0.3 is 5.11 Å². The van der Waals surface area contributed by atoms with E-state index in [-0.39, 0.29) is 6.54 Å². The van der Waals surface area contributed by atoms with Crippen molar-refractivity contribution >= 4 is 10.2 Å². The van der Waals surface area contributed by atoms with Gasteiger partial charge in [0.05, 0.1) is 5.60 Å². The first-order chi connectivity index (χ1) is 9.31. The summed E-state index contributed by atoms with van der Waals surface area (Å²) in [5.41, 5.74) is -0.858. The van der Waals surface area contributed by atoms with E-state index in [1.54, 1.807) is 0 Å². The smallest absolute Gasteiger partial charge is 0.279 e. The average molecular weight is 304 g/mol. The summed E-state index contributed by atoms with van der Waals surface area (Å²) in [6, 6.07) is 0. The van der Waals surface area contributed by atoms with Gasteiger partial charge in [-0.25, -0.2) is 0 Å². The Hall–Kier alpha value is -0.170. The zero-order valence-corrected chi connectivity index (χ0v) is 13.5. The number of hydrogen-bond donors (Lipinski definition) is 2. The van der Waals surface area contributed by atoms with Crippen molar-refractivity contribution < 1.29 is 13.5 Å². The molecule has 0 aromatic carbocycles. The van der Waals surface area contributed by atoms with Crippen LogP contribution in [0.5, 0.6) is 0 Å². The summed E-state index contributed by atoms with van der Waals surface area (Å²) >= 11 is 0. The second-order valence-corrected chi connectivity index (χ2v) is 8.57. The molecule has 0 aromatic heterocycles. The zero-order chi connectivity index (χ0) is 14.8. The maximum absolute atomic E-state index is 12.2. The van der Waals surface area contributed by atoms with Crippen LogP contribution in [0, 0.1) is 11.8 Å². The van der Waals surface area contributed by atoms with E-state index in [0.29, 0.717) is 37.8 Å². The van der Waals surface area contributed by atoms with Crippen LogP contribution in [-0.2, 0) is 10.2 Å². The van der Waals surface area contributed by atoms with Crippen LogP contribution in [0.1, 0.15) is 52.4 Å². The van der Waals surface area contributed by atoms with Crippen LogP contribution in [0.2, 0.25) is 0 Å². The lowest BCUT2D eigenvalue weighted by molar-refractivity contribution is -0.00216. The van der Waals surface area contributed by atoms with Crippen LogP contribution >= 0.6 is 0 Å². The molecule has 0 spiro atoms. The highest BCUT2D eigenvalue weighted by Crippen LogP contribution is 2.31. The number of nitrogens with zero attached hydrogens (tertiary/aromatic N) is 1. The molecule has 0 aromatic rings. The van der Waals surface area contributed by atoms with E-state index in [0.717, 1.165) is 25.7 Å². The molecule has 1 aliphatic carbocycles. The van der Waals surface area contributed by atoms with Gasteiger partial charge >= 0.3 is 0 Å². The van der Waals surface area contributed by atoms with Crippen LogP contribution in [0.4, 0.5) is 0 Å². The Morgan fingerprint density at radius 3 is 2.15 bits per heavy atom. The first-order valence-electron chi connectivity index (χ1n) is 7.78. The molecule has 1 saturated carbocycles. The largest absolute Gasteiger partial charge is 0.389 e. The van der Waals surface area contributed by atoms with Crippen molar-refractivity contribution in [2.24, 2.45) is 11.8 Å². The molecule has 0 amide bonds. The highest BCUT2D eigenvalue weighted by molar-refractivity contribution is 7.87. The summed E-state index contributed by atoms with van der Waals surface area (Å²) < 4.78 is 28.6. The van der Waals surface area contributed by atoms with Gasteiger partial charge in [0.25, 0.3) is 10.2 Å². The van der Waals surface area contributed by atoms with Crippen molar-refractivity contribution in [2.45, 2.75) is 58.0 Å². The summed E-state index contributed by atoms with van der Waals surface area (Å²) in [7, 11) is -3.43. The van der Waals surface area contributed by atoms with Crippen molar-refractivity contribution in [1.82, 2.24) is 9.03 Å². The van der Waals surface area contributed by atoms with E-state index in [2.05, 4.69) is 18.6 Å². The van der Waals surface area contributed by atoms with Gasteiger partial charge in [0, 0.05) is 19.6 Å². The third-order valence-electron chi connectivity index (χ3n) is 4.87. The minimum Gasteiger partial charge on any atom is -0.389 e. The lowest BCUT2D eigenvalue weighted by atomic mass is 9.80. The third kappa shape index (κ3) is 4.16. The van der Waals surface area contributed by atoms with E-state index >= 15 is 0 Å². The highest BCUT2D eigenvalue weighted by Gasteiger charge is 2.34. The molecule has 5 nitrogen and oxygen atoms in total. The number of piperidine rings is 1. The average Bonchev–Trinajstić information content (AvgIpc) is 2.41. The summed E-state index contributed by atoms with van der Waals surface area (Å²) in [4.78, 5) is 0. The zero-order valence-electron chi connectivity index (χ0n) is 12.6.